The van der Waals surface area contributed by atoms with E-state index in [0.29, 0.717) is 17.8 Å². The molecule has 1 heterocycles. The van der Waals surface area contributed by atoms with E-state index in [1.54, 1.807) is 14.0 Å². The van der Waals surface area contributed by atoms with Crippen LogP contribution in [-0.2, 0) is 16.6 Å². The number of nitrogens with two attached hydrogens (primary N) is 1. The second kappa shape index (κ2) is 6.47. The number of hydrogen-bond acceptors (Lipinski definition) is 5. The normalized spacial score (nSPS) is 12.6. The van der Waals surface area contributed by atoms with E-state index in [1.807, 2.05) is 19.0 Å². The maximum atomic E-state index is 12.4. The van der Waals surface area contributed by atoms with Crippen LogP contribution in [-0.4, -0.2) is 62.1 Å². The van der Waals surface area contributed by atoms with Gasteiger partial charge in [0.2, 0.25) is 0 Å². The highest BCUT2D eigenvalue weighted by molar-refractivity contribution is 7.89. The summed E-state index contributed by atoms with van der Waals surface area (Å²) < 4.78 is 26.1. The number of aryl methyl sites for hydroxylation is 1. The molecule has 1 rings (SSSR count). The van der Waals surface area contributed by atoms with E-state index in [2.05, 4.69) is 10.2 Å². The van der Waals surface area contributed by atoms with Crippen LogP contribution in [0.2, 0.25) is 0 Å². The monoisotopic (exact) mass is 289 g/mol. The third-order valence-corrected chi connectivity index (χ3v) is 4.80. The van der Waals surface area contributed by atoms with Crippen LogP contribution in [0, 0.1) is 6.92 Å². The number of rotatable bonds is 7. The zero-order chi connectivity index (χ0) is 14.6. The summed E-state index contributed by atoms with van der Waals surface area (Å²) in [6, 6.07) is 0. The second-order valence-corrected chi connectivity index (χ2v) is 6.78. The van der Waals surface area contributed by atoms with Gasteiger partial charge in [0.05, 0.1) is 0 Å². The Labute approximate surface area is 114 Å². The molecule has 0 saturated heterocycles. The van der Waals surface area contributed by atoms with Crippen molar-refractivity contribution in [1.29, 1.82) is 0 Å². The number of hydrogen-bond donors (Lipinski definition) is 2. The Kier molecular flexibility index (Phi) is 5.48. The maximum absolute atomic E-state index is 12.4. The number of aromatic amines is 1. The first-order chi connectivity index (χ1) is 8.80. The van der Waals surface area contributed by atoms with Crippen molar-refractivity contribution in [3.05, 3.63) is 11.3 Å². The molecule has 0 unspecified atom stereocenters. The molecule has 0 aliphatic rings. The van der Waals surface area contributed by atoms with Crippen LogP contribution in [0.3, 0.4) is 0 Å². The molecule has 19 heavy (non-hydrogen) atoms. The maximum Gasteiger partial charge on any atom is 0.262 e. The van der Waals surface area contributed by atoms with Crippen LogP contribution in [0.5, 0.6) is 0 Å². The molecule has 8 heteroatoms. The Hall–Kier alpha value is -0.960. The Balaban J connectivity index is 2.85. The highest BCUT2D eigenvalue weighted by Crippen LogP contribution is 2.19. The molecule has 1 aromatic heterocycles. The lowest BCUT2D eigenvalue weighted by Gasteiger charge is -2.17. The van der Waals surface area contributed by atoms with E-state index in [1.165, 1.54) is 4.31 Å². The highest BCUT2D eigenvalue weighted by Gasteiger charge is 2.27. The molecule has 0 aliphatic carbocycles. The molecule has 0 bridgehead atoms. The van der Waals surface area contributed by atoms with Gasteiger partial charge in [0.1, 0.15) is 0 Å². The summed E-state index contributed by atoms with van der Waals surface area (Å²) >= 11 is 0. The SMILES string of the molecule is Cc1[nH]nc(S(=O)(=O)N(C)CCCN(C)C)c1CN. The first-order valence-electron chi connectivity index (χ1n) is 6.15. The van der Waals surface area contributed by atoms with Crippen LogP contribution in [0.4, 0.5) is 0 Å². The lowest BCUT2D eigenvalue weighted by Crippen LogP contribution is -2.31. The fourth-order valence-corrected chi connectivity index (χ4v) is 3.13. The number of nitrogens with one attached hydrogen (secondary N) is 1. The van der Waals surface area contributed by atoms with Gasteiger partial charge in [-0.2, -0.15) is 9.40 Å². The van der Waals surface area contributed by atoms with Crippen LogP contribution in [0.25, 0.3) is 0 Å². The topological polar surface area (TPSA) is 95.3 Å². The molecule has 0 amide bonds. The van der Waals surface area contributed by atoms with Gasteiger partial charge in [-0.1, -0.05) is 0 Å². The summed E-state index contributed by atoms with van der Waals surface area (Å²) in [6.45, 7) is 3.21. The number of nitrogens with zero attached hydrogens (tertiary/aromatic N) is 3. The molecule has 110 valence electrons. The van der Waals surface area contributed by atoms with Gasteiger partial charge in [-0.15, -0.1) is 0 Å². The summed E-state index contributed by atoms with van der Waals surface area (Å²) in [5.41, 5.74) is 6.84. The van der Waals surface area contributed by atoms with Gasteiger partial charge in [0.15, 0.2) is 5.03 Å². The minimum Gasteiger partial charge on any atom is -0.326 e. The number of sulfonamides is 1. The van der Waals surface area contributed by atoms with Crippen molar-refractivity contribution in [1.82, 2.24) is 19.4 Å². The van der Waals surface area contributed by atoms with Gasteiger partial charge in [-0.3, -0.25) is 5.10 Å². The molecular formula is C11H23N5O2S. The largest absolute Gasteiger partial charge is 0.326 e. The zero-order valence-corrected chi connectivity index (χ0v) is 12.8. The average molecular weight is 289 g/mol. The minimum atomic E-state index is -3.57. The standard InChI is InChI=1S/C11H23N5O2S/c1-9-10(8-12)11(14-13-9)19(17,18)16(4)7-5-6-15(2)3/h5-8,12H2,1-4H3,(H,13,14). The summed E-state index contributed by atoms with van der Waals surface area (Å²) in [5, 5.41) is 6.60. The van der Waals surface area contributed by atoms with Crippen molar-refractivity contribution in [2.75, 3.05) is 34.2 Å². The molecule has 0 aromatic carbocycles. The van der Waals surface area contributed by atoms with Crippen molar-refractivity contribution in [2.24, 2.45) is 5.73 Å². The van der Waals surface area contributed by atoms with E-state index in [0.717, 1.165) is 13.0 Å². The molecule has 7 nitrogen and oxygen atoms in total. The molecule has 0 fully saturated rings. The van der Waals surface area contributed by atoms with Crippen LogP contribution < -0.4 is 5.73 Å². The van der Waals surface area contributed by atoms with Crippen molar-refractivity contribution < 1.29 is 8.42 Å². The number of aromatic nitrogens is 2. The van der Waals surface area contributed by atoms with E-state index < -0.39 is 10.0 Å². The molecule has 3 N–H and O–H groups in total. The lowest BCUT2D eigenvalue weighted by molar-refractivity contribution is 0.369. The third-order valence-electron chi connectivity index (χ3n) is 2.97. The zero-order valence-electron chi connectivity index (χ0n) is 12.0. The van der Waals surface area contributed by atoms with E-state index in [4.69, 9.17) is 5.73 Å². The molecule has 0 saturated carbocycles. The quantitative estimate of drug-likeness (QED) is 0.721. The molecule has 0 aliphatic heterocycles. The van der Waals surface area contributed by atoms with Crippen LogP contribution in [0.15, 0.2) is 5.03 Å². The molecular weight excluding hydrogens is 266 g/mol. The van der Waals surface area contributed by atoms with E-state index in [9.17, 15) is 8.42 Å². The molecule has 0 atom stereocenters. The Bertz CT molecular complexity index is 509. The van der Waals surface area contributed by atoms with Gasteiger partial charge in [0.25, 0.3) is 10.0 Å². The smallest absolute Gasteiger partial charge is 0.262 e. The van der Waals surface area contributed by atoms with Crippen molar-refractivity contribution in [3.63, 3.8) is 0 Å². The van der Waals surface area contributed by atoms with Crippen LogP contribution in [0.1, 0.15) is 17.7 Å². The van der Waals surface area contributed by atoms with Gasteiger partial charge in [-0.25, -0.2) is 8.42 Å². The molecule has 0 radical (unpaired) electrons. The summed E-state index contributed by atoms with van der Waals surface area (Å²) in [6.07, 6.45) is 0.768. The molecule has 0 spiro atoms. The summed E-state index contributed by atoms with van der Waals surface area (Å²) in [7, 11) is 1.91. The van der Waals surface area contributed by atoms with E-state index >= 15 is 0 Å². The fraction of sp³-hybridized carbons (Fsp3) is 0.727. The first kappa shape index (κ1) is 16.1. The summed E-state index contributed by atoms with van der Waals surface area (Å²) in [4.78, 5) is 2.02. The van der Waals surface area contributed by atoms with Crippen LogP contribution >= 0.6 is 0 Å². The van der Waals surface area contributed by atoms with Gasteiger partial charge in [-0.05, 0) is 34.0 Å². The first-order valence-corrected chi connectivity index (χ1v) is 7.59. The van der Waals surface area contributed by atoms with Gasteiger partial charge in [0, 0.05) is 31.4 Å². The fourth-order valence-electron chi connectivity index (χ4n) is 1.76. The number of H-pyrrole nitrogens is 1. The predicted molar refractivity (Wildman–Crippen MR) is 74.2 cm³/mol. The second-order valence-electron chi connectivity index (χ2n) is 4.82. The Morgan fingerprint density at radius 3 is 2.42 bits per heavy atom. The third kappa shape index (κ3) is 3.75. The molecule has 1 aromatic rings. The Morgan fingerprint density at radius 1 is 1.26 bits per heavy atom. The summed E-state index contributed by atoms with van der Waals surface area (Å²) in [5.74, 6) is 0. The minimum absolute atomic E-state index is 0.0415. The Morgan fingerprint density at radius 2 is 1.89 bits per heavy atom. The van der Waals surface area contributed by atoms with Crippen molar-refractivity contribution in [2.45, 2.75) is 24.9 Å². The van der Waals surface area contributed by atoms with Crippen molar-refractivity contribution in [3.8, 4) is 0 Å². The predicted octanol–water partition coefficient (Wildman–Crippen LogP) is -0.251. The highest BCUT2D eigenvalue weighted by atomic mass is 32.2. The van der Waals surface area contributed by atoms with Crippen molar-refractivity contribution >= 4 is 10.0 Å². The lowest BCUT2D eigenvalue weighted by atomic mass is 10.3. The van der Waals surface area contributed by atoms with Gasteiger partial charge < -0.3 is 10.6 Å². The average Bonchev–Trinajstić information content (AvgIpc) is 2.70. The van der Waals surface area contributed by atoms with E-state index in [-0.39, 0.29) is 11.6 Å². The van der Waals surface area contributed by atoms with Gasteiger partial charge >= 0.3 is 0 Å².